The Morgan fingerprint density at radius 2 is 1.84 bits per heavy atom. The molecule has 2 N–H and O–H groups in total. The quantitative estimate of drug-likeness (QED) is 0.605. The molecule has 1 heterocycles. The van der Waals surface area contributed by atoms with E-state index in [0.717, 1.165) is 57.8 Å². The summed E-state index contributed by atoms with van der Waals surface area (Å²) in [6, 6.07) is 10.8. The second-order valence-electron chi connectivity index (χ2n) is 10.0. The van der Waals surface area contributed by atoms with E-state index >= 15 is 0 Å². The summed E-state index contributed by atoms with van der Waals surface area (Å²) in [5.41, 5.74) is 1.31. The fraction of sp³-hybridized carbons (Fsp3) is 0.654. The summed E-state index contributed by atoms with van der Waals surface area (Å²) in [4.78, 5) is 27.6. The topological polar surface area (TPSA) is 61.4 Å². The molecule has 174 valence electrons. The molecule has 3 fully saturated rings. The molecule has 0 bridgehead atoms. The molecule has 1 aromatic rings. The molecule has 1 aliphatic heterocycles. The van der Waals surface area contributed by atoms with Gasteiger partial charge in [0, 0.05) is 24.5 Å². The molecule has 2 saturated carbocycles. The second-order valence-corrected chi connectivity index (χ2v) is 10.4. The molecule has 32 heavy (non-hydrogen) atoms. The van der Waals surface area contributed by atoms with Crippen molar-refractivity contribution < 1.29 is 9.59 Å². The van der Waals surface area contributed by atoms with Crippen molar-refractivity contribution in [3.63, 3.8) is 0 Å². The molecule has 0 radical (unpaired) electrons. The molecule has 2 aliphatic carbocycles. The van der Waals surface area contributed by atoms with Crippen LogP contribution in [0.1, 0.15) is 70.3 Å². The summed E-state index contributed by atoms with van der Waals surface area (Å²) in [7, 11) is 0. The maximum absolute atomic E-state index is 13.0. The van der Waals surface area contributed by atoms with Crippen molar-refractivity contribution in [2.24, 2.45) is 17.8 Å². The van der Waals surface area contributed by atoms with Crippen molar-refractivity contribution >= 4 is 29.1 Å². The molecule has 3 atom stereocenters. The molecule has 0 spiro atoms. The third-order valence-corrected chi connectivity index (χ3v) is 8.00. The van der Waals surface area contributed by atoms with Crippen LogP contribution in [-0.4, -0.2) is 40.5 Å². The van der Waals surface area contributed by atoms with Gasteiger partial charge in [-0.15, -0.1) is 0 Å². The normalized spacial score (nSPS) is 29.1. The van der Waals surface area contributed by atoms with E-state index in [1.54, 1.807) is 0 Å². The highest BCUT2D eigenvalue weighted by atomic mass is 32.1. The van der Waals surface area contributed by atoms with E-state index in [2.05, 4.69) is 41.8 Å². The minimum atomic E-state index is 0.0925. The average molecular weight is 456 g/mol. The van der Waals surface area contributed by atoms with E-state index < -0.39 is 0 Å². The van der Waals surface area contributed by atoms with Crippen LogP contribution in [0.3, 0.4) is 0 Å². The largest absolute Gasteiger partial charge is 0.359 e. The fourth-order valence-electron chi connectivity index (χ4n) is 5.63. The number of fused-ring (bicyclic) bond motifs is 1. The zero-order valence-corrected chi connectivity index (χ0v) is 20.0. The fourth-order valence-corrected chi connectivity index (χ4v) is 5.95. The van der Waals surface area contributed by atoms with Crippen molar-refractivity contribution in [1.82, 2.24) is 15.5 Å². The highest BCUT2D eigenvalue weighted by molar-refractivity contribution is 7.80. The maximum atomic E-state index is 13.0. The Bertz CT molecular complexity index is 807. The average Bonchev–Trinajstić information content (AvgIpc) is 2.81. The van der Waals surface area contributed by atoms with Crippen LogP contribution in [0.4, 0.5) is 0 Å². The lowest BCUT2D eigenvalue weighted by atomic mass is 9.80. The van der Waals surface area contributed by atoms with E-state index in [1.165, 1.54) is 12.0 Å². The van der Waals surface area contributed by atoms with Crippen LogP contribution in [0.5, 0.6) is 0 Å². The number of hydrogen-bond acceptors (Lipinski definition) is 3. The Morgan fingerprint density at radius 1 is 1.12 bits per heavy atom. The van der Waals surface area contributed by atoms with E-state index in [0.29, 0.717) is 17.6 Å². The van der Waals surface area contributed by atoms with Crippen LogP contribution in [0.2, 0.25) is 0 Å². The van der Waals surface area contributed by atoms with Crippen LogP contribution < -0.4 is 10.6 Å². The molecule has 5 nitrogen and oxygen atoms in total. The van der Waals surface area contributed by atoms with Gasteiger partial charge in [-0.1, -0.05) is 43.2 Å². The number of carbonyl (C=O) groups is 2. The van der Waals surface area contributed by atoms with Crippen LogP contribution in [0.15, 0.2) is 30.3 Å². The van der Waals surface area contributed by atoms with Gasteiger partial charge in [-0.25, -0.2) is 0 Å². The number of aryl methyl sites for hydroxylation is 1. The number of hydrogen-bond donors (Lipinski definition) is 2. The Kier molecular flexibility index (Phi) is 7.82. The smallest absolute Gasteiger partial charge is 0.233 e. The Hall–Kier alpha value is -1.95. The van der Waals surface area contributed by atoms with Gasteiger partial charge in [0.15, 0.2) is 5.11 Å². The minimum Gasteiger partial charge on any atom is -0.359 e. The molecule has 1 saturated heterocycles. The molecule has 3 aliphatic rings. The van der Waals surface area contributed by atoms with Crippen molar-refractivity contribution in [2.45, 2.75) is 83.2 Å². The van der Waals surface area contributed by atoms with E-state index in [1.807, 2.05) is 11.0 Å². The summed E-state index contributed by atoms with van der Waals surface area (Å²) in [5.74, 6) is 1.04. The Labute approximate surface area is 197 Å². The first-order chi connectivity index (χ1) is 15.5. The van der Waals surface area contributed by atoms with Gasteiger partial charge in [0.2, 0.25) is 11.8 Å². The lowest BCUT2D eigenvalue weighted by Gasteiger charge is -2.43. The number of thiocarbonyl (C=S) groups is 1. The van der Waals surface area contributed by atoms with Gasteiger partial charge in [-0.3, -0.25) is 14.5 Å². The summed E-state index contributed by atoms with van der Waals surface area (Å²) < 4.78 is 0. The SMILES string of the molecule is CC(CCc1ccccc1)NC(=O)C1CCC(CN2C(=O)C3CCCCC3NC2=S)CC1. The summed E-state index contributed by atoms with van der Waals surface area (Å²) in [5, 5.41) is 7.28. The van der Waals surface area contributed by atoms with Crippen molar-refractivity contribution in [3.8, 4) is 0 Å². The highest BCUT2D eigenvalue weighted by Gasteiger charge is 2.41. The van der Waals surface area contributed by atoms with Crippen molar-refractivity contribution in [3.05, 3.63) is 35.9 Å². The molecular formula is C26H37N3O2S. The maximum Gasteiger partial charge on any atom is 0.233 e. The minimum absolute atomic E-state index is 0.0925. The first-order valence-corrected chi connectivity index (χ1v) is 12.9. The number of carbonyl (C=O) groups excluding carboxylic acids is 2. The third kappa shape index (κ3) is 5.69. The molecule has 3 unspecified atom stereocenters. The molecule has 0 aromatic heterocycles. The zero-order chi connectivity index (χ0) is 22.5. The van der Waals surface area contributed by atoms with E-state index in [9.17, 15) is 9.59 Å². The zero-order valence-electron chi connectivity index (χ0n) is 19.2. The van der Waals surface area contributed by atoms with E-state index in [-0.39, 0.29) is 35.7 Å². The van der Waals surface area contributed by atoms with Gasteiger partial charge in [0.05, 0.1) is 5.92 Å². The van der Waals surface area contributed by atoms with Crippen LogP contribution in [0, 0.1) is 17.8 Å². The lowest BCUT2D eigenvalue weighted by Crippen LogP contribution is -2.61. The van der Waals surface area contributed by atoms with Crippen molar-refractivity contribution in [1.29, 1.82) is 0 Å². The standard InChI is InChI=1S/C26H37N3O2S/c1-18(11-12-19-7-3-2-4-8-19)27-24(30)21-15-13-20(14-16-21)17-29-25(31)22-9-5-6-10-23(22)28-26(29)32/h2-4,7-8,18,20-23H,5-6,9-17H2,1H3,(H,27,30)(H,28,32). The van der Waals surface area contributed by atoms with Crippen LogP contribution in [-0.2, 0) is 16.0 Å². The molecule has 6 heteroatoms. The number of benzene rings is 1. The van der Waals surface area contributed by atoms with Crippen LogP contribution in [0.25, 0.3) is 0 Å². The Morgan fingerprint density at radius 3 is 2.59 bits per heavy atom. The number of amides is 2. The second kappa shape index (κ2) is 10.8. The van der Waals surface area contributed by atoms with Gasteiger partial charge < -0.3 is 10.6 Å². The first-order valence-electron chi connectivity index (χ1n) is 12.5. The predicted octanol–water partition coefficient (Wildman–Crippen LogP) is 4.21. The van der Waals surface area contributed by atoms with Gasteiger partial charge >= 0.3 is 0 Å². The van der Waals surface area contributed by atoms with Crippen LogP contribution >= 0.6 is 12.2 Å². The number of nitrogens with one attached hydrogen (secondary N) is 2. The lowest BCUT2D eigenvalue weighted by molar-refractivity contribution is -0.136. The summed E-state index contributed by atoms with van der Waals surface area (Å²) >= 11 is 5.54. The summed E-state index contributed by atoms with van der Waals surface area (Å²) in [6.45, 7) is 2.80. The predicted molar refractivity (Wildman–Crippen MR) is 131 cm³/mol. The number of nitrogens with zero attached hydrogens (tertiary/aromatic N) is 1. The van der Waals surface area contributed by atoms with Gasteiger partial charge in [-0.05, 0) is 82.0 Å². The monoisotopic (exact) mass is 455 g/mol. The van der Waals surface area contributed by atoms with Gasteiger partial charge in [0.1, 0.15) is 0 Å². The number of rotatable bonds is 7. The third-order valence-electron chi connectivity index (χ3n) is 7.66. The highest BCUT2D eigenvalue weighted by Crippen LogP contribution is 2.33. The van der Waals surface area contributed by atoms with Gasteiger partial charge in [-0.2, -0.15) is 0 Å². The molecule has 2 amide bonds. The molecule has 1 aromatic carbocycles. The summed E-state index contributed by atoms with van der Waals surface area (Å²) in [6.07, 6.45) is 10.0. The molecular weight excluding hydrogens is 418 g/mol. The van der Waals surface area contributed by atoms with E-state index in [4.69, 9.17) is 12.2 Å². The Balaban J connectivity index is 1.20. The van der Waals surface area contributed by atoms with Gasteiger partial charge in [0.25, 0.3) is 0 Å². The first kappa shape index (κ1) is 23.2. The molecule has 4 rings (SSSR count). The van der Waals surface area contributed by atoms with Crippen molar-refractivity contribution in [2.75, 3.05) is 6.54 Å².